The van der Waals surface area contributed by atoms with Gasteiger partial charge in [0, 0.05) is 46.7 Å². The first-order valence-corrected chi connectivity index (χ1v) is 25.4. The number of rotatable bonds is 19. The Morgan fingerprint density at radius 2 is 1.09 bits per heavy atom. The zero-order valence-electron chi connectivity index (χ0n) is 43.8. The highest BCUT2D eigenvalue weighted by Gasteiger charge is 2.27. The number of ether oxygens (including phenoxy) is 3. The van der Waals surface area contributed by atoms with Crippen molar-refractivity contribution in [2.75, 3.05) is 22.1 Å². The zero-order chi connectivity index (χ0) is 56.2. The van der Waals surface area contributed by atoms with E-state index in [4.69, 9.17) is 36.6 Å². The highest BCUT2D eigenvalue weighted by atomic mass is 16.6. The molecular weight excluding hydrogens is 1010 g/mol. The van der Waals surface area contributed by atoms with Crippen LogP contribution in [0.25, 0.3) is 22.5 Å². The van der Waals surface area contributed by atoms with Crippen LogP contribution in [-0.4, -0.2) is 71.6 Å². The van der Waals surface area contributed by atoms with Crippen molar-refractivity contribution in [2.45, 2.75) is 97.0 Å². The highest BCUT2D eigenvalue weighted by Crippen LogP contribution is 2.28. The summed E-state index contributed by atoms with van der Waals surface area (Å²) in [6.45, 7) is 5.02. The fourth-order valence-corrected chi connectivity index (χ4v) is 7.99. The number of amides is 1. The Morgan fingerprint density at radius 3 is 1.52 bits per heavy atom. The molecule has 21 nitrogen and oxygen atoms in total. The molecule has 5 aromatic carbocycles. The van der Waals surface area contributed by atoms with Gasteiger partial charge in [0.1, 0.15) is 31.9 Å². The summed E-state index contributed by atoms with van der Waals surface area (Å²) in [5.74, 6) is -1.85. The van der Waals surface area contributed by atoms with Gasteiger partial charge in [-0.15, -0.1) is 0 Å². The third-order valence-electron chi connectivity index (χ3n) is 12.2. The number of nitrogen functional groups attached to an aromatic ring is 2. The second-order valence-corrected chi connectivity index (χ2v) is 20.0. The summed E-state index contributed by atoms with van der Waals surface area (Å²) in [5, 5.41) is 20.8. The standard InChI is InChI=1S/C31H31N7O5.C27H30N4O5/c32-24-13-22(12-23(14-24)31(41)43-18-20-4-2-1-3-5-20)26-16-35-29(36-25-10-11-25)30(40)38(26)17-27(39)34-15-19-6-8-21(9-7-19)28(33)37-42;1-27(2,3)36-23(32)15-31-22(14-29-24(25(31)33)30-21-9-10-21)18-11-19(13-20(28)12-18)26(34)35-16-17-7-5-4-6-8-17/h1-9,12-14,16,25,42H,10-11,15,17-18,32H2,(H2,33,37)(H,34,39)(H,35,36);4-8,11-14,21H,9-10,15-16,28H2,1-3H3,(H,29,30). The van der Waals surface area contributed by atoms with Gasteiger partial charge in [0.2, 0.25) is 5.91 Å². The molecule has 1 amide bonds. The van der Waals surface area contributed by atoms with Crippen LogP contribution in [0.3, 0.4) is 0 Å². The van der Waals surface area contributed by atoms with Crippen molar-refractivity contribution in [1.82, 2.24) is 24.4 Å². The van der Waals surface area contributed by atoms with E-state index < -0.39 is 40.5 Å². The maximum Gasteiger partial charge on any atom is 0.338 e. The Hall–Kier alpha value is -9.79. The molecule has 0 saturated heterocycles. The number of aromatic nitrogens is 4. The summed E-state index contributed by atoms with van der Waals surface area (Å²) < 4.78 is 19.0. The van der Waals surface area contributed by atoms with E-state index in [1.165, 1.54) is 33.7 Å². The molecule has 2 fully saturated rings. The molecule has 2 saturated carbocycles. The topological polar surface area (TPSA) is 312 Å². The van der Waals surface area contributed by atoms with E-state index in [1.807, 2.05) is 60.7 Å². The zero-order valence-corrected chi connectivity index (χ0v) is 43.8. The minimum atomic E-state index is -0.712. The molecular formula is C58H61N11O10. The SMILES string of the molecule is CC(C)(C)OC(=O)Cn1c(-c2cc(N)cc(C(=O)OCc3ccccc3)c2)cnc(NC2CC2)c1=O.N/C(=N\O)c1ccc(CNC(=O)Cn2c(-c3cc(N)cc(C(=O)OCc4ccccc4)c3)cnc(NC3CC3)c2=O)cc1. The molecule has 2 aliphatic carbocycles. The predicted molar refractivity (Wildman–Crippen MR) is 298 cm³/mol. The van der Waals surface area contributed by atoms with E-state index in [1.54, 1.807) is 69.3 Å². The number of hydrogen-bond donors (Lipinski definition) is 7. The van der Waals surface area contributed by atoms with Gasteiger partial charge >= 0.3 is 17.9 Å². The number of amidine groups is 1. The summed E-state index contributed by atoms with van der Waals surface area (Å²) in [7, 11) is 0. The summed E-state index contributed by atoms with van der Waals surface area (Å²) >= 11 is 0. The van der Waals surface area contributed by atoms with E-state index in [9.17, 15) is 28.8 Å². The Labute approximate surface area is 454 Å². The molecule has 21 heteroatoms. The van der Waals surface area contributed by atoms with Gasteiger partial charge in [0.15, 0.2) is 17.5 Å². The lowest BCUT2D eigenvalue weighted by molar-refractivity contribution is -0.155. The van der Waals surface area contributed by atoms with Crippen LogP contribution in [0.1, 0.15) is 89.4 Å². The molecule has 0 aliphatic heterocycles. The van der Waals surface area contributed by atoms with Crippen LogP contribution >= 0.6 is 0 Å². The second-order valence-electron chi connectivity index (χ2n) is 20.0. The van der Waals surface area contributed by atoms with Gasteiger partial charge < -0.3 is 52.6 Å². The number of carbonyl (C=O) groups excluding carboxylic acids is 4. The van der Waals surface area contributed by atoms with Crippen LogP contribution in [0.15, 0.2) is 148 Å². The Morgan fingerprint density at radius 1 is 0.633 bits per heavy atom. The summed E-state index contributed by atoms with van der Waals surface area (Å²) in [4.78, 5) is 86.9. The van der Waals surface area contributed by atoms with E-state index in [-0.39, 0.29) is 79.2 Å². The number of nitrogens with two attached hydrogens (primary N) is 3. The van der Waals surface area contributed by atoms with Gasteiger partial charge in [-0.3, -0.25) is 28.3 Å². The molecule has 2 aliphatic rings. The third kappa shape index (κ3) is 15.7. The van der Waals surface area contributed by atoms with Gasteiger partial charge in [-0.25, -0.2) is 19.6 Å². The van der Waals surface area contributed by atoms with Crippen LogP contribution in [0.2, 0.25) is 0 Å². The molecule has 9 rings (SSSR count). The van der Waals surface area contributed by atoms with Crippen molar-refractivity contribution in [1.29, 1.82) is 0 Å². The summed E-state index contributed by atoms with van der Waals surface area (Å²) in [6.07, 6.45) is 6.75. The lowest BCUT2D eigenvalue weighted by Crippen LogP contribution is -2.34. The predicted octanol–water partition coefficient (Wildman–Crippen LogP) is 6.60. The van der Waals surface area contributed by atoms with Crippen LogP contribution < -0.4 is 44.3 Å². The first-order valence-electron chi connectivity index (χ1n) is 25.4. The minimum Gasteiger partial charge on any atom is -0.459 e. The molecule has 79 heavy (non-hydrogen) atoms. The van der Waals surface area contributed by atoms with Crippen LogP contribution in [0.4, 0.5) is 23.0 Å². The lowest BCUT2D eigenvalue weighted by atomic mass is 10.1. The first kappa shape index (κ1) is 55.4. The maximum atomic E-state index is 13.5. The largest absolute Gasteiger partial charge is 0.459 e. The average molecular weight is 1070 g/mol. The Bertz CT molecular complexity index is 3500. The Kier molecular flexibility index (Phi) is 17.5. The fourth-order valence-electron chi connectivity index (χ4n) is 7.99. The van der Waals surface area contributed by atoms with Crippen LogP contribution in [0, 0.1) is 0 Å². The van der Waals surface area contributed by atoms with E-state index in [0.29, 0.717) is 33.8 Å². The first-order chi connectivity index (χ1) is 37.9. The minimum absolute atomic E-state index is 0.0232. The lowest BCUT2D eigenvalue weighted by Gasteiger charge is -2.21. The number of esters is 3. The van der Waals surface area contributed by atoms with Gasteiger partial charge in [-0.1, -0.05) is 90.1 Å². The Balaban J connectivity index is 0.000000211. The molecule has 2 aromatic heterocycles. The van der Waals surface area contributed by atoms with Crippen molar-refractivity contribution in [3.8, 4) is 22.5 Å². The van der Waals surface area contributed by atoms with Gasteiger partial charge in [-0.2, -0.15) is 0 Å². The van der Waals surface area contributed by atoms with E-state index in [0.717, 1.165) is 42.4 Å². The number of carbonyl (C=O) groups is 4. The smallest absolute Gasteiger partial charge is 0.338 e. The molecule has 408 valence electrons. The second kappa shape index (κ2) is 24.9. The molecule has 0 radical (unpaired) electrons. The molecule has 10 N–H and O–H groups in total. The fraction of sp³-hybridized carbons (Fsp3) is 0.259. The monoisotopic (exact) mass is 1070 g/mol. The molecule has 0 bridgehead atoms. The van der Waals surface area contributed by atoms with Crippen LogP contribution in [-0.2, 0) is 56.6 Å². The third-order valence-corrected chi connectivity index (χ3v) is 12.2. The van der Waals surface area contributed by atoms with E-state index in [2.05, 4.69) is 31.1 Å². The van der Waals surface area contributed by atoms with Crippen molar-refractivity contribution < 1.29 is 38.6 Å². The van der Waals surface area contributed by atoms with Crippen molar-refractivity contribution in [2.24, 2.45) is 10.9 Å². The number of nitrogens with one attached hydrogen (secondary N) is 3. The summed E-state index contributed by atoms with van der Waals surface area (Å²) in [6, 6.07) is 35.1. The van der Waals surface area contributed by atoms with Gasteiger partial charge in [0.05, 0.1) is 34.9 Å². The molecule has 0 spiro atoms. The number of hydrogen-bond acceptors (Lipinski definition) is 17. The van der Waals surface area contributed by atoms with Crippen molar-refractivity contribution in [3.05, 3.63) is 188 Å². The maximum absolute atomic E-state index is 13.5. The van der Waals surface area contributed by atoms with Crippen LogP contribution in [0.5, 0.6) is 0 Å². The molecule has 2 heterocycles. The highest BCUT2D eigenvalue weighted by molar-refractivity contribution is 5.97. The number of nitrogens with zero attached hydrogens (tertiary/aromatic N) is 5. The number of benzene rings is 5. The van der Waals surface area contributed by atoms with E-state index >= 15 is 0 Å². The van der Waals surface area contributed by atoms with Gasteiger partial charge in [0.25, 0.3) is 11.1 Å². The molecule has 0 atom stereocenters. The molecule has 7 aromatic rings. The average Bonchev–Trinajstić information content (AvgIpc) is 4.44. The van der Waals surface area contributed by atoms with Crippen molar-refractivity contribution in [3.63, 3.8) is 0 Å². The quantitative estimate of drug-likeness (QED) is 0.00853. The molecule has 0 unspecified atom stereocenters. The normalized spacial score (nSPS) is 13.0. The number of oxime groups is 1. The summed E-state index contributed by atoms with van der Waals surface area (Å²) in [5.41, 5.74) is 21.7. The van der Waals surface area contributed by atoms with Crippen molar-refractivity contribution >= 4 is 52.7 Å². The van der Waals surface area contributed by atoms with Gasteiger partial charge in [-0.05, 0) is 99.5 Å². The number of anilines is 4.